The number of hydrogen-bond donors (Lipinski definition) is 6. The summed E-state index contributed by atoms with van der Waals surface area (Å²) in [6.45, 7) is 5.20. The number of amides is 3. The predicted molar refractivity (Wildman–Crippen MR) is 134 cm³/mol. The lowest BCUT2D eigenvalue weighted by molar-refractivity contribution is -0.139. The van der Waals surface area contributed by atoms with Crippen molar-refractivity contribution in [3.63, 3.8) is 0 Å². The second kappa shape index (κ2) is 12.2. The number of carboxylic acids is 1. The van der Waals surface area contributed by atoms with E-state index in [2.05, 4.69) is 20.9 Å². The first-order valence-corrected chi connectivity index (χ1v) is 10.9. The Morgan fingerprint density at radius 3 is 2.31 bits per heavy atom. The molecular weight excluding hydrogens is 468 g/mol. The maximum atomic E-state index is 12.6. The summed E-state index contributed by atoms with van der Waals surface area (Å²) in [5.74, 6) is -2.94. The van der Waals surface area contributed by atoms with Crippen LogP contribution in [0.5, 0.6) is 5.75 Å². The molecule has 0 aliphatic carbocycles. The Morgan fingerprint density at radius 1 is 1.06 bits per heavy atom. The maximum absolute atomic E-state index is 12.6. The molecule has 36 heavy (non-hydrogen) atoms. The second-order valence-corrected chi connectivity index (χ2v) is 8.72. The molecule has 0 saturated heterocycles. The number of nitrogens with one attached hydrogen (secondary N) is 3. The Balaban J connectivity index is 1.97. The molecule has 0 radical (unpaired) electrons. The van der Waals surface area contributed by atoms with Gasteiger partial charge in [0.1, 0.15) is 17.4 Å². The fourth-order valence-electron chi connectivity index (χ4n) is 2.95. The van der Waals surface area contributed by atoms with Gasteiger partial charge in [0.2, 0.25) is 11.8 Å². The largest absolute Gasteiger partial charge is 0.488 e. The number of carbonyl (C=O) groups is 4. The fraction of sp³-hybridized carbons (Fsp3) is 0.292. The van der Waals surface area contributed by atoms with E-state index in [1.165, 1.54) is 12.1 Å². The summed E-state index contributed by atoms with van der Waals surface area (Å²) in [4.78, 5) is 52.4. The number of aliphatic imine (C=N–C) groups is 1. The van der Waals surface area contributed by atoms with E-state index in [9.17, 15) is 19.2 Å². The quantitative estimate of drug-likeness (QED) is 0.207. The number of anilines is 1. The van der Waals surface area contributed by atoms with E-state index < -0.39 is 48.3 Å². The maximum Gasteiger partial charge on any atom is 0.305 e. The first-order valence-electron chi connectivity index (χ1n) is 10.9. The van der Waals surface area contributed by atoms with E-state index in [0.29, 0.717) is 17.1 Å². The highest BCUT2D eigenvalue weighted by Gasteiger charge is 2.24. The number of hydrogen-bond acceptors (Lipinski definition) is 6. The van der Waals surface area contributed by atoms with Crippen LogP contribution < -0.4 is 32.2 Å². The SMILES string of the molecule is CC(C)(C)Oc1ccc(NC(=O)[C@H](CC(=O)O)NC(=O)CNC(=O)c2cccc(N=C(N)N)c2)cc1. The van der Waals surface area contributed by atoms with E-state index in [4.69, 9.17) is 21.3 Å². The van der Waals surface area contributed by atoms with Gasteiger partial charge in [0, 0.05) is 11.3 Å². The number of rotatable bonds is 10. The highest BCUT2D eigenvalue weighted by atomic mass is 16.5. The zero-order valence-corrected chi connectivity index (χ0v) is 20.2. The number of carboxylic acid groups (broad SMARTS) is 1. The summed E-state index contributed by atoms with van der Waals surface area (Å²) < 4.78 is 5.72. The normalized spacial score (nSPS) is 11.5. The molecule has 0 spiro atoms. The molecule has 1 atom stereocenters. The molecule has 0 aliphatic rings. The molecule has 12 nitrogen and oxygen atoms in total. The van der Waals surface area contributed by atoms with E-state index >= 15 is 0 Å². The number of nitrogens with zero attached hydrogens (tertiary/aromatic N) is 1. The van der Waals surface area contributed by atoms with Gasteiger partial charge in [-0.3, -0.25) is 19.2 Å². The number of ether oxygens (including phenoxy) is 1. The van der Waals surface area contributed by atoms with Gasteiger partial charge in [-0.25, -0.2) is 4.99 Å². The first kappa shape index (κ1) is 27.6. The zero-order valence-electron chi connectivity index (χ0n) is 20.2. The molecule has 0 aliphatic heterocycles. The Hall–Kier alpha value is -4.61. The lowest BCUT2D eigenvalue weighted by Crippen LogP contribution is -2.48. The Bertz CT molecular complexity index is 1140. The number of carbonyl (C=O) groups excluding carboxylic acids is 3. The van der Waals surface area contributed by atoms with E-state index in [0.717, 1.165) is 0 Å². The smallest absolute Gasteiger partial charge is 0.305 e. The third kappa shape index (κ3) is 9.71. The van der Waals surface area contributed by atoms with Gasteiger partial charge in [0.25, 0.3) is 5.91 Å². The van der Waals surface area contributed by atoms with Crippen LogP contribution in [0.25, 0.3) is 0 Å². The summed E-state index contributed by atoms with van der Waals surface area (Å²) in [5, 5.41) is 16.5. The van der Waals surface area contributed by atoms with Gasteiger partial charge in [0.05, 0.1) is 18.7 Å². The average Bonchev–Trinajstić information content (AvgIpc) is 2.76. The van der Waals surface area contributed by atoms with Crippen molar-refractivity contribution < 1.29 is 29.0 Å². The Labute approximate surface area is 208 Å². The minimum Gasteiger partial charge on any atom is -0.488 e. The standard InChI is InChI=1S/C24H30N6O6/c1-24(2,3)36-17-9-7-15(8-10-17)28-22(35)18(12-20(32)33)30-19(31)13-27-21(34)14-5-4-6-16(11-14)29-23(25)26/h4-11,18H,12-13H2,1-3H3,(H,27,34)(H,28,35)(H,30,31)(H,32,33)(H4,25,26,29)/t18-/m0/s1. The van der Waals surface area contributed by atoms with Crippen LogP contribution in [0.2, 0.25) is 0 Å². The van der Waals surface area contributed by atoms with Crippen molar-refractivity contribution in [3.8, 4) is 5.75 Å². The third-order valence-corrected chi connectivity index (χ3v) is 4.35. The summed E-state index contributed by atoms with van der Waals surface area (Å²) in [5.41, 5.74) is 11.2. The topological polar surface area (TPSA) is 198 Å². The number of nitrogens with two attached hydrogens (primary N) is 2. The van der Waals surface area contributed by atoms with Crippen molar-refractivity contribution in [2.24, 2.45) is 16.5 Å². The van der Waals surface area contributed by atoms with Crippen molar-refractivity contribution in [1.29, 1.82) is 0 Å². The molecule has 0 heterocycles. The summed E-state index contributed by atoms with van der Waals surface area (Å²) in [6.07, 6.45) is -0.655. The lowest BCUT2D eigenvalue weighted by atomic mass is 10.1. The van der Waals surface area contributed by atoms with E-state index in [-0.39, 0.29) is 11.5 Å². The number of guanidine groups is 1. The number of benzene rings is 2. The van der Waals surface area contributed by atoms with Gasteiger partial charge in [-0.1, -0.05) is 6.07 Å². The minimum absolute atomic E-state index is 0.177. The van der Waals surface area contributed by atoms with Crippen molar-refractivity contribution >= 4 is 41.0 Å². The third-order valence-electron chi connectivity index (χ3n) is 4.35. The molecule has 8 N–H and O–H groups in total. The molecule has 12 heteroatoms. The predicted octanol–water partition coefficient (Wildman–Crippen LogP) is 1.10. The zero-order chi connectivity index (χ0) is 26.9. The van der Waals surface area contributed by atoms with E-state index in [1.807, 2.05) is 20.8 Å². The van der Waals surface area contributed by atoms with Gasteiger partial charge in [-0.15, -0.1) is 0 Å². The molecule has 192 valence electrons. The lowest BCUT2D eigenvalue weighted by Gasteiger charge is -2.21. The Morgan fingerprint density at radius 2 is 1.72 bits per heavy atom. The van der Waals surface area contributed by atoms with Gasteiger partial charge in [-0.05, 0) is 63.2 Å². The van der Waals surface area contributed by atoms with Gasteiger partial charge >= 0.3 is 5.97 Å². The summed E-state index contributed by atoms with van der Waals surface area (Å²) >= 11 is 0. The van der Waals surface area contributed by atoms with Crippen LogP contribution in [-0.4, -0.2) is 52.9 Å². The highest BCUT2D eigenvalue weighted by molar-refractivity contribution is 6.00. The molecule has 0 fully saturated rings. The molecule has 2 aromatic rings. The number of aliphatic carboxylic acids is 1. The Kier molecular flexibility index (Phi) is 9.36. The van der Waals surface area contributed by atoms with E-state index in [1.54, 1.807) is 36.4 Å². The van der Waals surface area contributed by atoms with Crippen LogP contribution in [0, 0.1) is 0 Å². The van der Waals surface area contributed by atoms with Crippen LogP contribution in [0.15, 0.2) is 53.5 Å². The molecule has 0 unspecified atom stereocenters. The minimum atomic E-state index is -1.37. The van der Waals surface area contributed by atoms with Crippen LogP contribution in [0.3, 0.4) is 0 Å². The summed E-state index contributed by atoms with van der Waals surface area (Å²) in [6, 6.07) is 11.2. The molecular formula is C24H30N6O6. The molecule has 3 amide bonds. The fourth-order valence-corrected chi connectivity index (χ4v) is 2.95. The monoisotopic (exact) mass is 498 g/mol. The van der Waals surface area contributed by atoms with Crippen LogP contribution in [-0.2, 0) is 14.4 Å². The first-order chi connectivity index (χ1) is 16.8. The molecule has 0 saturated carbocycles. The van der Waals surface area contributed by atoms with Crippen molar-refractivity contribution in [2.75, 3.05) is 11.9 Å². The molecule has 0 bridgehead atoms. The van der Waals surface area contributed by atoms with Crippen LogP contribution >= 0.6 is 0 Å². The van der Waals surface area contributed by atoms with Crippen molar-refractivity contribution in [2.45, 2.75) is 38.8 Å². The highest BCUT2D eigenvalue weighted by Crippen LogP contribution is 2.20. The van der Waals surface area contributed by atoms with Crippen LogP contribution in [0.1, 0.15) is 37.6 Å². The van der Waals surface area contributed by atoms with Gasteiger partial charge in [0.15, 0.2) is 5.96 Å². The van der Waals surface area contributed by atoms with Crippen LogP contribution in [0.4, 0.5) is 11.4 Å². The van der Waals surface area contributed by atoms with Gasteiger partial charge in [-0.2, -0.15) is 0 Å². The molecule has 0 aromatic heterocycles. The van der Waals surface area contributed by atoms with Crippen molar-refractivity contribution in [3.05, 3.63) is 54.1 Å². The molecule has 2 rings (SSSR count). The average molecular weight is 499 g/mol. The van der Waals surface area contributed by atoms with Gasteiger partial charge < -0.3 is 37.3 Å². The molecule has 2 aromatic carbocycles. The second-order valence-electron chi connectivity index (χ2n) is 8.72. The van der Waals surface area contributed by atoms with Crippen molar-refractivity contribution in [1.82, 2.24) is 10.6 Å². The summed E-state index contributed by atoms with van der Waals surface area (Å²) in [7, 11) is 0.